The highest BCUT2D eigenvalue weighted by Crippen LogP contribution is 2.26. The second-order valence-corrected chi connectivity index (χ2v) is 9.52. The molecule has 1 N–H and O–H groups in total. The predicted octanol–water partition coefficient (Wildman–Crippen LogP) is 3.92. The number of hydroxylamine groups is 2. The van der Waals surface area contributed by atoms with Gasteiger partial charge in [-0.2, -0.15) is 4.84 Å². The molecule has 12 heteroatoms. The van der Waals surface area contributed by atoms with Crippen LogP contribution in [0.5, 0.6) is 0 Å². The Labute approximate surface area is 216 Å². The van der Waals surface area contributed by atoms with E-state index in [0.717, 1.165) is 16.2 Å². The van der Waals surface area contributed by atoms with Crippen LogP contribution in [-0.2, 0) is 17.9 Å². The fourth-order valence-electron chi connectivity index (χ4n) is 4.02. The number of carbonyl (C=O) groups excluding carboxylic acids is 2. The van der Waals surface area contributed by atoms with Crippen molar-refractivity contribution >= 4 is 29.0 Å². The lowest BCUT2D eigenvalue weighted by molar-refractivity contribution is -0.400. The average molecular weight is 534 g/mol. The van der Waals surface area contributed by atoms with Crippen molar-refractivity contribution in [3.63, 3.8) is 0 Å². The van der Waals surface area contributed by atoms with Crippen molar-refractivity contribution < 1.29 is 27.6 Å². The van der Waals surface area contributed by atoms with Crippen molar-refractivity contribution in [2.75, 3.05) is 38.1 Å². The van der Waals surface area contributed by atoms with Crippen molar-refractivity contribution in [2.45, 2.75) is 19.5 Å². The number of nitrogens with zero attached hydrogens (tertiary/aromatic N) is 4. The maximum Gasteiger partial charge on any atom is 0.544 e. The normalized spacial score (nSPS) is 14.4. The van der Waals surface area contributed by atoms with Crippen LogP contribution >= 0.6 is 11.3 Å². The van der Waals surface area contributed by atoms with Gasteiger partial charge in [-0.15, -0.1) is 24.5 Å². The van der Waals surface area contributed by atoms with Crippen LogP contribution < -0.4 is 10.2 Å². The second-order valence-electron chi connectivity index (χ2n) is 8.35. The molecule has 3 aromatic rings. The number of carbonyl (C=O) groups is 2. The quantitative estimate of drug-likeness (QED) is 0.443. The molecule has 1 aromatic carbocycles. The molecule has 1 aliphatic rings. The summed E-state index contributed by atoms with van der Waals surface area (Å²) in [7, 11) is 1.58. The number of anilines is 1. The lowest BCUT2D eigenvalue weighted by atomic mass is 10.2. The van der Waals surface area contributed by atoms with Crippen molar-refractivity contribution in [2.24, 2.45) is 0 Å². The molecule has 0 bridgehead atoms. The minimum Gasteiger partial charge on any atom is -0.355 e. The Morgan fingerprint density at radius 1 is 1.05 bits per heavy atom. The van der Waals surface area contributed by atoms with Gasteiger partial charge in [0, 0.05) is 50.8 Å². The molecule has 0 spiro atoms. The smallest absolute Gasteiger partial charge is 0.355 e. The summed E-state index contributed by atoms with van der Waals surface area (Å²) in [5.74, 6) is -0.412. The number of halogens is 3. The Morgan fingerprint density at radius 2 is 1.78 bits per heavy atom. The van der Waals surface area contributed by atoms with Crippen LogP contribution in [0.3, 0.4) is 0 Å². The Kier molecular flexibility index (Phi) is 8.41. The van der Waals surface area contributed by atoms with Crippen LogP contribution in [-0.4, -0.2) is 66.4 Å². The largest absolute Gasteiger partial charge is 0.544 e. The van der Waals surface area contributed by atoms with E-state index in [1.54, 1.807) is 61.8 Å². The molecule has 3 heterocycles. The first kappa shape index (κ1) is 26.6. The number of rotatable bonds is 8. The maximum atomic E-state index is 13.0. The second kappa shape index (κ2) is 11.7. The summed E-state index contributed by atoms with van der Waals surface area (Å²) in [6, 6.07) is 15.1. The molecule has 0 aliphatic carbocycles. The van der Waals surface area contributed by atoms with E-state index >= 15 is 0 Å². The number of aromatic nitrogens is 1. The van der Waals surface area contributed by atoms with Gasteiger partial charge in [-0.1, -0.05) is 30.3 Å². The number of benzene rings is 1. The zero-order chi connectivity index (χ0) is 26.4. The zero-order valence-corrected chi connectivity index (χ0v) is 20.9. The van der Waals surface area contributed by atoms with E-state index < -0.39 is 12.3 Å². The molecule has 2 amide bonds. The van der Waals surface area contributed by atoms with Crippen LogP contribution in [0, 0.1) is 0 Å². The highest BCUT2D eigenvalue weighted by Gasteiger charge is 2.36. The Bertz CT molecular complexity index is 1210. The number of amides is 2. The molecular weight excluding hydrogens is 507 g/mol. The molecule has 1 aliphatic heterocycles. The molecule has 0 radical (unpaired) electrons. The molecule has 196 valence electrons. The number of hydrogen-bond acceptors (Lipinski definition) is 7. The van der Waals surface area contributed by atoms with Gasteiger partial charge in [0.1, 0.15) is 5.82 Å². The highest BCUT2D eigenvalue weighted by molar-refractivity contribution is 7.14. The topological polar surface area (TPSA) is 78.0 Å². The van der Waals surface area contributed by atoms with Crippen molar-refractivity contribution in [1.29, 1.82) is 0 Å². The molecule has 4 rings (SSSR count). The summed E-state index contributed by atoms with van der Waals surface area (Å²) < 4.78 is 39.0. The van der Waals surface area contributed by atoms with Crippen molar-refractivity contribution in [3.8, 4) is 0 Å². The van der Waals surface area contributed by atoms with Crippen LogP contribution in [0.15, 0.2) is 60.8 Å². The van der Waals surface area contributed by atoms with Crippen LogP contribution in [0.1, 0.15) is 30.5 Å². The molecule has 0 unspecified atom stereocenters. The number of nitrogens with one attached hydrogen (secondary N) is 1. The number of alkyl halides is 3. The molecule has 37 heavy (non-hydrogen) atoms. The van der Waals surface area contributed by atoms with Gasteiger partial charge in [-0.25, -0.2) is 10.0 Å². The van der Waals surface area contributed by atoms with Gasteiger partial charge in [0.15, 0.2) is 0 Å². The monoisotopic (exact) mass is 533 g/mol. The van der Waals surface area contributed by atoms with E-state index in [4.69, 9.17) is 0 Å². The first-order chi connectivity index (χ1) is 17.7. The summed E-state index contributed by atoms with van der Waals surface area (Å²) in [5.41, 5.74) is 1.03. The van der Waals surface area contributed by atoms with Gasteiger partial charge in [0.25, 0.3) is 11.8 Å². The maximum absolute atomic E-state index is 13.0. The summed E-state index contributed by atoms with van der Waals surface area (Å²) >= 11 is 1.15. The summed E-state index contributed by atoms with van der Waals surface area (Å²) in [4.78, 5) is 38.8. The summed E-state index contributed by atoms with van der Waals surface area (Å²) in [6.07, 6.45) is -3.34. The summed E-state index contributed by atoms with van der Waals surface area (Å²) in [5, 5.41) is 2.98. The van der Waals surface area contributed by atoms with E-state index in [9.17, 15) is 22.8 Å². The number of hydrogen-bond donors (Lipinski definition) is 1. The van der Waals surface area contributed by atoms with E-state index in [1.165, 1.54) is 6.07 Å². The van der Waals surface area contributed by atoms with Crippen molar-refractivity contribution in [1.82, 2.24) is 20.3 Å². The lowest BCUT2D eigenvalue weighted by Gasteiger charge is -2.35. The Hall–Kier alpha value is -3.48. The highest BCUT2D eigenvalue weighted by atomic mass is 32.1. The minimum absolute atomic E-state index is 0.164. The van der Waals surface area contributed by atoms with Gasteiger partial charge >= 0.3 is 6.36 Å². The SMILES string of the molecule is CNC(=O)c1cccnc1N1CCN(Cc2ccc(C(=O)N(Cc3ccccc3)OC(F)(F)F)s2)CC1. The first-order valence-electron chi connectivity index (χ1n) is 11.6. The molecule has 2 aromatic heterocycles. The van der Waals surface area contributed by atoms with E-state index in [0.29, 0.717) is 54.7 Å². The average Bonchev–Trinajstić information content (AvgIpc) is 3.36. The van der Waals surface area contributed by atoms with Crippen LogP contribution in [0.25, 0.3) is 0 Å². The minimum atomic E-state index is -4.99. The summed E-state index contributed by atoms with van der Waals surface area (Å²) in [6.45, 7) is 2.92. The van der Waals surface area contributed by atoms with Gasteiger partial charge in [0.05, 0.1) is 17.0 Å². The van der Waals surface area contributed by atoms with E-state index in [1.807, 2.05) is 0 Å². The number of thiophene rings is 1. The standard InChI is InChI=1S/C25H26F3N5O3S/c1-29-23(34)20-8-5-11-30-22(20)32-14-12-31(13-15-32)17-19-9-10-21(37-19)24(35)33(36-25(26,27)28)16-18-6-3-2-4-7-18/h2-11H,12-17H2,1H3,(H,29,34). The third-order valence-electron chi connectivity index (χ3n) is 5.79. The van der Waals surface area contributed by atoms with Gasteiger partial charge < -0.3 is 10.2 Å². The van der Waals surface area contributed by atoms with Gasteiger partial charge in [-0.3, -0.25) is 14.5 Å². The van der Waals surface area contributed by atoms with E-state index in [2.05, 4.69) is 24.9 Å². The Morgan fingerprint density at radius 3 is 2.46 bits per heavy atom. The third kappa shape index (κ3) is 7.06. The fraction of sp³-hybridized carbons (Fsp3) is 0.320. The first-order valence-corrected chi connectivity index (χ1v) is 12.4. The van der Waals surface area contributed by atoms with Crippen molar-refractivity contribution in [3.05, 3.63) is 81.7 Å². The number of pyridine rings is 1. The third-order valence-corrected chi connectivity index (χ3v) is 6.85. The van der Waals surface area contributed by atoms with Crippen LogP contribution in [0.4, 0.5) is 19.0 Å². The molecule has 1 saturated heterocycles. The van der Waals surface area contributed by atoms with Gasteiger partial charge in [-0.05, 0) is 29.8 Å². The van der Waals surface area contributed by atoms with E-state index in [-0.39, 0.29) is 17.3 Å². The van der Waals surface area contributed by atoms with Gasteiger partial charge in [0.2, 0.25) is 0 Å². The molecule has 1 fully saturated rings. The Balaban J connectivity index is 1.38. The molecular formula is C25H26F3N5O3S. The molecule has 0 saturated carbocycles. The van der Waals surface area contributed by atoms with Crippen LogP contribution in [0.2, 0.25) is 0 Å². The lowest BCUT2D eigenvalue weighted by Crippen LogP contribution is -2.46. The zero-order valence-electron chi connectivity index (χ0n) is 20.1. The predicted molar refractivity (Wildman–Crippen MR) is 133 cm³/mol. The molecule has 8 nitrogen and oxygen atoms in total. The fourth-order valence-corrected chi connectivity index (χ4v) is 5.01. The number of piperazine rings is 1. The molecule has 0 atom stereocenters.